The van der Waals surface area contributed by atoms with E-state index < -0.39 is 0 Å². The number of carbonyl (C=O) groups excluding carboxylic acids is 1. The summed E-state index contributed by atoms with van der Waals surface area (Å²) in [5.74, 6) is 0.130. The zero-order chi connectivity index (χ0) is 10.5. The van der Waals surface area contributed by atoms with E-state index in [9.17, 15) is 9.59 Å². The second-order valence-electron chi connectivity index (χ2n) is 4.42. The molecule has 0 unspecified atom stereocenters. The fourth-order valence-electron chi connectivity index (χ4n) is 2.39. The van der Waals surface area contributed by atoms with Crippen molar-refractivity contribution in [3.63, 3.8) is 0 Å². The Kier molecular flexibility index (Phi) is 1.58. The van der Waals surface area contributed by atoms with Crippen molar-refractivity contribution in [2.45, 2.75) is 19.3 Å². The summed E-state index contributed by atoms with van der Waals surface area (Å²) in [7, 11) is 0. The SMILES string of the molecule is O=C1c2cc(=O)ccn2NCC12CCC2. The zero-order valence-corrected chi connectivity index (χ0v) is 8.32. The summed E-state index contributed by atoms with van der Waals surface area (Å²) in [4.78, 5) is 23.4. The predicted molar refractivity (Wildman–Crippen MR) is 55.5 cm³/mol. The Morgan fingerprint density at radius 3 is 2.80 bits per heavy atom. The van der Waals surface area contributed by atoms with Crippen molar-refractivity contribution >= 4 is 5.78 Å². The smallest absolute Gasteiger partial charge is 0.189 e. The van der Waals surface area contributed by atoms with Gasteiger partial charge in [-0.15, -0.1) is 0 Å². The Bertz CT molecular complexity index is 486. The highest BCUT2D eigenvalue weighted by molar-refractivity contribution is 6.00. The van der Waals surface area contributed by atoms with Crippen LogP contribution in [0.15, 0.2) is 23.1 Å². The lowest BCUT2D eigenvalue weighted by molar-refractivity contribution is 0.0599. The molecule has 2 heterocycles. The highest BCUT2D eigenvalue weighted by atomic mass is 16.1. The average Bonchev–Trinajstić information content (AvgIpc) is 2.17. The van der Waals surface area contributed by atoms with Gasteiger partial charge >= 0.3 is 0 Å². The predicted octanol–water partition coefficient (Wildman–Crippen LogP) is 0.758. The summed E-state index contributed by atoms with van der Waals surface area (Å²) in [5, 5.41) is 0. The molecule has 0 saturated heterocycles. The van der Waals surface area contributed by atoms with E-state index in [1.54, 1.807) is 10.9 Å². The standard InChI is InChI=1S/C11H12N2O2/c14-8-2-5-13-9(6-8)10(15)11(7-12-13)3-1-4-11/h2,5-6,12H,1,3-4,7H2. The van der Waals surface area contributed by atoms with Gasteiger partial charge < -0.3 is 5.43 Å². The first kappa shape index (κ1) is 8.71. The van der Waals surface area contributed by atoms with Crippen LogP contribution in [0.1, 0.15) is 29.8 Å². The fourth-order valence-corrected chi connectivity index (χ4v) is 2.39. The lowest BCUT2D eigenvalue weighted by Crippen LogP contribution is -2.51. The molecule has 4 heteroatoms. The summed E-state index contributed by atoms with van der Waals surface area (Å²) < 4.78 is 1.66. The molecule has 0 amide bonds. The highest BCUT2D eigenvalue weighted by Gasteiger charge is 2.47. The van der Waals surface area contributed by atoms with Crippen molar-refractivity contribution in [2.75, 3.05) is 12.0 Å². The molecule has 3 rings (SSSR count). The second kappa shape index (κ2) is 2.72. The third-order valence-corrected chi connectivity index (χ3v) is 3.54. The van der Waals surface area contributed by atoms with Crippen LogP contribution in [0, 0.1) is 5.41 Å². The Labute approximate surface area is 86.9 Å². The molecule has 4 nitrogen and oxygen atoms in total. The maximum Gasteiger partial charge on any atom is 0.189 e. The summed E-state index contributed by atoms with van der Waals surface area (Å²) in [6, 6.07) is 2.89. The number of aromatic nitrogens is 1. The second-order valence-corrected chi connectivity index (χ2v) is 4.42. The molecular weight excluding hydrogens is 192 g/mol. The van der Waals surface area contributed by atoms with E-state index in [1.807, 2.05) is 0 Å². The molecule has 1 fully saturated rings. The number of hydrogen-bond acceptors (Lipinski definition) is 3. The number of pyridine rings is 1. The van der Waals surface area contributed by atoms with Crippen molar-refractivity contribution in [3.8, 4) is 0 Å². The molecular formula is C11H12N2O2. The van der Waals surface area contributed by atoms with Gasteiger partial charge in [0.15, 0.2) is 11.2 Å². The number of fused-ring (bicyclic) bond motifs is 1. The van der Waals surface area contributed by atoms with Crippen LogP contribution in [0.2, 0.25) is 0 Å². The van der Waals surface area contributed by atoms with Gasteiger partial charge in [0.05, 0.1) is 5.41 Å². The number of nitrogens with zero attached hydrogens (tertiary/aromatic N) is 1. The summed E-state index contributed by atoms with van der Waals surface area (Å²) >= 11 is 0. The molecule has 78 valence electrons. The molecule has 1 aliphatic carbocycles. The maximum atomic E-state index is 12.2. The number of ketones is 1. The van der Waals surface area contributed by atoms with Gasteiger partial charge in [0, 0.05) is 24.9 Å². The van der Waals surface area contributed by atoms with Gasteiger partial charge in [-0.2, -0.15) is 0 Å². The van der Waals surface area contributed by atoms with Gasteiger partial charge in [-0.3, -0.25) is 14.3 Å². The molecule has 0 radical (unpaired) electrons. The molecule has 0 atom stereocenters. The van der Waals surface area contributed by atoms with E-state index in [0.717, 1.165) is 19.3 Å². The molecule has 0 aromatic carbocycles. The van der Waals surface area contributed by atoms with Gasteiger partial charge in [0.25, 0.3) is 0 Å². The number of rotatable bonds is 0. The third kappa shape index (κ3) is 1.07. The van der Waals surface area contributed by atoms with Crippen LogP contribution in [0.3, 0.4) is 0 Å². The molecule has 1 aromatic rings. The molecule has 2 aliphatic rings. The molecule has 1 N–H and O–H groups in total. The first-order valence-corrected chi connectivity index (χ1v) is 5.23. The molecule has 15 heavy (non-hydrogen) atoms. The Balaban J connectivity index is 2.12. The lowest BCUT2D eigenvalue weighted by Gasteiger charge is -2.44. The van der Waals surface area contributed by atoms with Gasteiger partial charge in [0.1, 0.15) is 5.69 Å². The zero-order valence-electron chi connectivity index (χ0n) is 8.32. The van der Waals surface area contributed by atoms with E-state index in [2.05, 4.69) is 5.43 Å². The van der Waals surface area contributed by atoms with E-state index >= 15 is 0 Å². The van der Waals surface area contributed by atoms with E-state index in [4.69, 9.17) is 0 Å². The molecule has 1 aliphatic heterocycles. The topological polar surface area (TPSA) is 51.1 Å². The van der Waals surface area contributed by atoms with Gasteiger partial charge in [-0.1, -0.05) is 6.42 Å². The van der Waals surface area contributed by atoms with Crippen LogP contribution < -0.4 is 10.9 Å². The number of Topliss-reactive ketones (excluding diaryl/α,β-unsaturated/α-hetero) is 1. The van der Waals surface area contributed by atoms with Crippen molar-refractivity contribution < 1.29 is 4.79 Å². The summed E-state index contributed by atoms with van der Waals surface area (Å²) in [5.41, 5.74) is 3.36. The number of hydrogen-bond donors (Lipinski definition) is 1. The van der Waals surface area contributed by atoms with Crippen LogP contribution in [-0.2, 0) is 0 Å². The molecule has 1 aromatic heterocycles. The monoisotopic (exact) mass is 204 g/mol. The maximum absolute atomic E-state index is 12.2. The van der Waals surface area contributed by atoms with E-state index in [0.29, 0.717) is 12.2 Å². The Morgan fingerprint density at radius 2 is 2.13 bits per heavy atom. The van der Waals surface area contributed by atoms with Gasteiger partial charge in [-0.25, -0.2) is 0 Å². The van der Waals surface area contributed by atoms with Gasteiger partial charge in [-0.05, 0) is 12.8 Å². The van der Waals surface area contributed by atoms with Crippen LogP contribution in [0.5, 0.6) is 0 Å². The van der Waals surface area contributed by atoms with Gasteiger partial charge in [0.2, 0.25) is 0 Å². The van der Waals surface area contributed by atoms with E-state index in [1.165, 1.54) is 12.1 Å². The minimum absolute atomic E-state index is 0.104. The minimum Gasteiger partial charge on any atom is -0.325 e. The van der Waals surface area contributed by atoms with Crippen molar-refractivity contribution in [2.24, 2.45) is 5.41 Å². The van der Waals surface area contributed by atoms with Crippen molar-refractivity contribution in [3.05, 3.63) is 34.2 Å². The van der Waals surface area contributed by atoms with Crippen LogP contribution >= 0.6 is 0 Å². The molecule has 1 spiro atoms. The minimum atomic E-state index is -0.214. The quantitative estimate of drug-likeness (QED) is 0.678. The lowest BCUT2D eigenvalue weighted by atomic mass is 9.64. The molecule has 0 bridgehead atoms. The van der Waals surface area contributed by atoms with Crippen molar-refractivity contribution in [1.82, 2.24) is 4.68 Å². The fraction of sp³-hybridized carbons (Fsp3) is 0.455. The normalized spacial score (nSPS) is 21.7. The Morgan fingerprint density at radius 1 is 1.33 bits per heavy atom. The van der Waals surface area contributed by atoms with E-state index in [-0.39, 0.29) is 16.6 Å². The van der Waals surface area contributed by atoms with Crippen LogP contribution in [0.25, 0.3) is 0 Å². The average molecular weight is 204 g/mol. The first-order valence-electron chi connectivity index (χ1n) is 5.23. The van der Waals surface area contributed by atoms with Crippen LogP contribution in [0.4, 0.5) is 0 Å². The largest absolute Gasteiger partial charge is 0.325 e. The summed E-state index contributed by atoms with van der Waals surface area (Å²) in [6.07, 6.45) is 4.63. The third-order valence-electron chi connectivity index (χ3n) is 3.54. The Hall–Kier alpha value is -1.58. The van der Waals surface area contributed by atoms with Crippen molar-refractivity contribution in [1.29, 1.82) is 0 Å². The first-order chi connectivity index (χ1) is 7.21. The van der Waals surface area contributed by atoms with Crippen LogP contribution in [-0.4, -0.2) is 17.0 Å². The number of nitrogens with one attached hydrogen (secondary N) is 1. The highest BCUT2D eigenvalue weighted by Crippen LogP contribution is 2.44. The molecule has 1 saturated carbocycles. The summed E-state index contributed by atoms with van der Waals surface area (Å²) in [6.45, 7) is 0.696. The number of carbonyl (C=O) groups is 1.